The molecule has 0 atom stereocenters. The van der Waals surface area contributed by atoms with Gasteiger partial charge in [-0.15, -0.1) is 0 Å². The van der Waals surface area contributed by atoms with Gasteiger partial charge in [0.15, 0.2) is 0 Å². The van der Waals surface area contributed by atoms with Crippen molar-refractivity contribution in [3.05, 3.63) is 47.8 Å². The van der Waals surface area contributed by atoms with Crippen LogP contribution < -0.4 is 15.4 Å². The van der Waals surface area contributed by atoms with Crippen molar-refractivity contribution in [3.63, 3.8) is 0 Å². The van der Waals surface area contributed by atoms with Crippen LogP contribution >= 0.6 is 0 Å². The number of hydrogen-bond donors (Lipinski definition) is 2. The van der Waals surface area contributed by atoms with Crippen LogP contribution in [0.15, 0.2) is 41.3 Å². The van der Waals surface area contributed by atoms with Gasteiger partial charge in [-0.25, -0.2) is 12.8 Å². The third kappa shape index (κ3) is 6.12. The van der Waals surface area contributed by atoms with Crippen molar-refractivity contribution in [1.29, 1.82) is 0 Å². The van der Waals surface area contributed by atoms with Gasteiger partial charge < -0.3 is 15.4 Å². The topological polar surface area (TPSA) is 102 Å². The van der Waals surface area contributed by atoms with Crippen LogP contribution in [0.4, 0.5) is 21.5 Å². The molecule has 0 unspecified atom stereocenters. The van der Waals surface area contributed by atoms with Crippen LogP contribution in [-0.4, -0.2) is 33.1 Å². The number of nitrogens with two attached hydrogens (primary N) is 1. The van der Waals surface area contributed by atoms with Crippen molar-refractivity contribution in [2.24, 2.45) is 0 Å². The van der Waals surface area contributed by atoms with E-state index in [1.54, 1.807) is 26.8 Å². The maximum atomic E-state index is 13.8. The van der Waals surface area contributed by atoms with Crippen molar-refractivity contribution < 1.29 is 22.3 Å². The first kappa shape index (κ1) is 23.8. The average Bonchev–Trinajstić information content (AvgIpc) is 2.69. The van der Waals surface area contributed by atoms with E-state index >= 15 is 0 Å². The molecule has 1 heterocycles. The van der Waals surface area contributed by atoms with Gasteiger partial charge in [0.25, 0.3) is 10.0 Å². The Labute approximate surface area is 188 Å². The molecule has 7 nitrogen and oxygen atoms in total. The first-order valence-electron chi connectivity index (χ1n) is 10.6. The van der Waals surface area contributed by atoms with E-state index < -0.39 is 27.4 Å². The predicted octanol–water partition coefficient (Wildman–Crippen LogP) is 4.08. The van der Waals surface area contributed by atoms with Gasteiger partial charge in [0.2, 0.25) is 0 Å². The van der Waals surface area contributed by atoms with Crippen molar-refractivity contribution in [2.75, 3.05) is 28.4 Å². The fourth-order valence-corrected chi connectivity index (χ4v) is 4.80. The Balaban J connectivity index is 1.83. The number of nitrogens with one attached hydrogen (secondary N) is 1. The summed E-state index contributed by atoms with van der Waals surface area (Å²) in [6, 6.07) is 8.17. The number of anilines is 3. The summed E-state index contributed by atoms with van der Waals surface area (Å²) in [7, 11) is -4.01. The summed E-state index contributed by atoms with van der Waals surface area (Å²) >= 11 is 0. The quantitative estimate of drug-likeness (QED) is 0.494. The maximum Gasteiger partial charge on any atom is 0.310 e. The molecule has 174 valence electrons. The number of rotatable bonds is 6. The van der Waals surface area contributed by atoms with Gasteiger partial charge in [-0.3, -0.25) is 9.52 Å². The Morgan fingerprint density at radius 2 is 1.81 bits per heavy atom. The van der Waals surface area contributed by atoms with Crippen LogP contribution in [0.2, 0.25) is 0 Å². The highest BCUT2D eigenvalue weighted by Gasteiger charge is 2.22. The van der Waals surface area contributed by atoms with Gasteiger partial charge in [0, 0.05) is 13.1 Å². The van der Waals surface area contributed by atoms with Crippen molar-refractivity contribution in [1.82, 2.24) is 0 Å². The lowest BCUT2D eigenvalue weighted by Gasteiger charge is -2.30. The predicted molar refractivity (Wildman–Crippen MR) is 124 cm³/mol. The Bertz CT molecular complexity index is 1090. The van der Waals surface area contributed by atoms with Gasteiger partial charge in [-0.2, -0.15) is 0 Å². The molecular weight excluding hydrogens is 433 g/mol. The number of carbonyl (C=O) groups is 1. The third-order valence-corrected chi connectivity index (χ3v) is 6.44. The smallest absolute Gasteiger partial charge is 0.310 e. The van der Waals surface area contributed by atoms with E-state index in [0.29, 0.717) is 5.69 Å². The lowest BCUT2D eigenvalue weighted by molar-refractivity contribution is -0.153. The second-order valence-electron chi connectivity index (χ2n) is 8.94. The highest BCUT2D eigenvalue weighted by atomic mass is 32.2. The number of esters is 1. The number of halogens is 1. The zero-order valence-electron chi connectivity index (χ0n) is 18.7. The Morgan fingerprint density at radius 1 is 1.12 bits per heavy atom. The number of sulfonamides is 1. The lowest BCUT2D eigenvalue weighted by Crippen LogP contribution is -2.30. The van der Waals surface area contributed by atoms with E-state index in [4.69, 9.17) is 10.5 Å². The molecule has 3 rings (SSSR count). The normalized spacial score (nSPS) is 14.8. The number of piperidine rings is 1. The summed E-state index contributed by atoms with van der Waals surface area (Å²) in [6.07, 6.45) is 3.05. The molecule has 0 bridgehead atoms. The molecule has 2 aromatic carbocycles. The number of hydrogen-bond acceptors (Lipinski definition) is 6. The zero-order valence-corrected chi connectivity index (χ0v) is 19.5. The molecule has 3 N–H and O–H groups in total. The molecule has 0 aromatic heterocycles. The Kier molecular flexibility index (Phi) is 6.97. The minimum atomic E-state index is -4.01. The molecule has 0 aliphatic carbocycles. The van der Waals surface area contributed by atoms with Gasteiger partial charge in [-0.05, 0) is 82.0 Å². The molecule has 9 heteroatoms. The number of benzene rings is 2. The van der Waals surface area contributed by atoms with E-state index in [-0.39, 0.29) is 22.6 Å². The molecule has 1 aliphatic rings. The molecular formula is C23H30FN3O4S. The highest BCUT2D eigenvalue weighted by molar-refractivity contribution is 7.92. The average molecular weight is 464 g/mol. The van der Waals surface area contributed by atoms with Gasteiger partial charge in [0.1, 0.15) is 11.4 Å². The van der Waals surface area contributed by atoms with Crippen LogP contribution in [0.25, 0.3) is 0 Å². The summed E-state index contributed by atoms with van der Waals surface area (Å²) in [5.41, 5.74) is 6.94. The summed E-state index contributed by atoms with van der Waals surface area (Å²) in [6.45, 7) is 6.93. The van der Waals surface area contributed by atoms with Gasteiger partial charge in [-0.1, -0.05) is 0 Å². The molecule has 0 saturated carbocycles. The van der Waals surface area contributed by atoms with Crippen LogP contribution in [0.5, 0.6) is 0 Å². The second-order valence-corrected chi connectivity index (χ2v) is 10.6. The first-order chi connectivity index (χ1) is 14.9. The minimum Gasteiger partial charge on any atom is -0.460 e. The fraction of sp³-hybridized carbons (Fsp3) is 0.435. The van der Waals surface area contributed by atoms with Crippen molar-refractivity contribution in [2.45, 2.75) is 57.0 Å². The molecule has 1 saturated heterocycles. The van der Waals surface area contributed by atoms with Gasteiger partial charge >= 0.3 is 5.97 Å². The standard InChI is InChI=1S/C23H30FN3O4S/c1-23(2,3)31-22(28)14-16-13-17(24)7-9-20(16)26-32(29,30)18-8-10-21(19(25)15-18)27-11-5-4-6-12-27/h7-10,13,15,26H,4-6,11-12,14,25H2,1-3H3. The fourth-order valence-electron chi connectivity index (χ4n) is 3.67. The SMILES string of the molecule is CC(C)(C)OC(=O)Cc1cc(F)ccc1NS(=O)(=O)c1ccc(N2CCCCC2)c(N)c1. The van der Waals surface area contributed by atoms with E-state index in [1.807, 2.05) is 0 Å². The molecule has 1 fully saturated rings. The number of carbonyl (C=O) groups excluding carboxylic acids is 1. The first-order valence-corrected chi connectivity index (χ1v) is 12.1. The monoisotopic (exact) mass is 463 g/mol. The van der Waals surface area contributed by atoms with Crippen molar-refractivity contribution >= 4 is 33.1 Å². The Hall–Kier alpha value is -2.81. The summed E-state index contributed by atoms with van der Waals surface area (Å²) in [5.74, 6) is -1.17. The summed E-state index contributed by atoms with van der Waals surface area (Å²) in [5, 5.41) is 0. The van der Waals surface area contributed by atoms with Crippen LogP contribution in [0.3, 0.4) is 0 Å². The summed E-state index contributed by atoms with van der Waals surface area (Å²) < 4.78 is 47.6. The number of ether oxygens (including phenoxy) is 1. The molecule has 1 aliphatic heterocycles. The lowest BCUT2D eigenvalue weighted by atomic mass is 10.1. The third-order valence-electron chi connectivity index (χ3n) is 5.07. The number of nitrogens with zero attached hydrogens (tertiary/aromatic N) is 1. The van der Waals surface area contributed by atoms with E-state index in [9.17, 15) is 17.6 Å². The maximum absolute atomic E-state index is 13.8. The van der Waals surface area contributed by atoms with Crippen LogP contribution in [0, 0.1) is 5.82 Å². The van der Waals surface area contributed by atoms with Crippen molar-refractivity contribution in [3.8, 4) is 0 Å². The zero-order chi connectivity index (χ0) is 23.5. The summed E-state index contributed by atoms with van der Waals surface area (Å²) in [4.78, 5) is 14.4. The van der Waals surface area contributed by atoms with Gasteiger partial charge in [0.05, 0.1) is 28.4 Å². The Morgan fingerprint density at radius 3 is 2.44 bits per heavy atom. The second kappa shape index (κ2) is 9.36. The van der Waals surface area contributed by atoms with Crippen LogP contribution in [0.1, 0.15) is 45.6 Å². The highest BCUT2D eigenvalue weighted by Crippen LogP contribution is 2.30. The van der Waals surface area contributed by atoms with E-state index in [1.165, 1.54) is 24.6 Å². The molecule has 0 radical (unpaired) electrons. The number of nitrogen functional groups attached to an aromatic ring is 1. The van der Waals surface area contributed by atoms with E-state index in [2.05, 4.69) is 9.62 Å². The molecule has 32 heavy (non-hydrogen) atoms. The largest absolute Gasteiger partial charge is 0.460 e. The molecule has 2 aromatic rings. The minimum absolute atomic E-state index is 0.0108. The molecule has 0 spiro atoms. The van der Waals surface area contributed by atoms with Crippen LogP contribution in [-0.2, 0) is 26.0 Å². The van der Waals surface area contributed by atoms with E-state index in [0.717, 1.165) is 43.8 Å². The molecule has 0 amide bonds.